The Morgan fingerprint density at radius 2 is 1.31 bits per heavy atom. The van der Waals surface area contributed by atoms with Gasteiger partial charge < -0.3 is 39.1 Å². The van der Waals surface area contributed by atoms with Crippen LogP contribution in [0.3, 0.4) is 0 Å². The second-order valence-electron chi connectivity index (χ2n) is 18.1. The molecule has 2 N–H and O–H groups in total. The van der Waals surface area contributed by atoms with Crippen LogP contribution in [0.2, 0.25) is 0 Å². The van der Waals surface area contributed by atoms with Crippen LogP contribution in [0.4, 0.5) is 5.69 Å². The van der Waals surface area contributed by atoms with Gasteiger partial charge in [-0.15, -0.1) is 0 Å². The lowest BCUT2D eigenvalue weighted by atomic mass is 9.58. The maximum Gasteiger partial charge on any atom is 0.201 e. The molecule has 2 saturated carbocycles. The summed E-state index contributed by atoms with van der Waals surface area (Å²) in [5.41, 5.74) is -0.315. The molecule has 2 aliphatic carbocycles. The quantitative estimate of drug-likeness (QED) is 0.113. The number of guanidine groups is 1. The number of nitrogens with zero attached hydrogens (tertiary/aromatic N) is 1. The molecule has 10 aliphatic rings. The highest BCUT2D eigenvalue weighted by atomic mass is 79.9. The van der Waals surface area contributed by atoms with Gasteiger partial charge in [-0.05, 0) is 94.2 Å². The lowest BCUT2D eigenvalue weighted by Crippen LogP contribution is -2.70. The van der Waals surface area contributed by atoms with Crippen LogP contribution in [-0.2, 0) is 48.0 Å². The zero-order chi connectivity index (χ0) is 38.2. The molecule has 11 rings (SSSR count). The Hall–Kier alpha value is -1.43. The van der Waals surface area contributed by atoms with E-state index in [4.69, 9.17) is 53.0 Å². The van der Waals surface area contributed by atoms with Gasteiger partial charge >= 0.3 is 0 Å². The Bertz CT molecular complexity index is 1590. The van der Waals surface area contributed by atoms with Crippen molar-refractivity contribution in [1.29, 1.82) is 0 Å². The van der Waals surface area contributed by atoms with E-state index in [1.807, 2.05) is 38.1 Å². The van der Waals surface area contributed by atoms with E-state index in [9.17, 15) is 0 Å². The third kappa shape index (κ3) is 6.80. The van der Waals surface area contributed by atoms with Gasteiger partial charge in [0.2, 0.25) is 11.6 Å². The molecule has 16 atom stereocenters. The van der Waals surface area contributed by atoms with Crippen molar-refractivity contribution < 1.29 is 48.0 Å². The summed E-state index contributed by atoms with van der Waals surface area (Å²) in [6, 6.07) is 8.00. The van der Waals surface area contributed by atoms with Crippen LogP contribution in [0.25, 0.3) is 0 Å². The van der Waals surface area contributed by atoms with Crippen LogP contribution >= 0.6 is 15.9 Å². The SMILES string of the molecule is C[C@H]1[C@@H](OCCN=C(NCCO[C@H]2O[C@@H]3O[C@@]4(C)CC[C@H]5[C@H](C)CC[C@@H]([C@H]2C)[C@@]35OO4)Nc2cccc(Br)c2)O[C@@H]2O[C@@]3(C)CC[C@H]4[C@H](C)CC[C@@H]1[C@@]24OO3. The number of benzene rings is 1. The largest absolute Gasteiger partial charge is 0.354 e. The average molecular weight is 835 g/mol. The highest BCUT2D eigenvalue weighted by molar-refractivity contribution is 9.10. The number of anilines is 1. The second kappa shape index (κ2) is 15.0. The third-order valence-corrected chi connectivity index (χ3v) is 15.1. The van der Waals surface area contributed by atoms with E-state index < -0.39 is 47.9 Å². The van der Waals surface area contributed by atoms with E-state index >= 15 is 0 Å². The number of fused-ring (bicyclic) bond motifs is 4. The molecule has 0 amide bonds. The van der Waals surface area contributed by atoms with Crippen LogP contribution < -0.4 is 10.6 Å². The minimum absolute atomic E-state index is 0.0992. The van der Waals surface area contributed by atoms with Gasteiger partial charge in [-0.25, -0.2) is 19.6 Å². The molecule has 2 spiro atoms. The Kier molecular flexibility index (Phi) is 10.6. The van der Waals surface area contributed by atoms with Crippen molar-refractivity contribution in [3.8, 4) is 0 Å². The monoisotopic (exact) mass is 833 g/mol. The van der Waals surface area contributed by atoms with E-state index in [1.54, 1.807) is 0 Å². The van der Waals surface area contributed by atoms with Crippen molar-refractivity contribution in [2.24, 2.45) is 52.3 Å². The molecule has 13 nitrogen and oxygen atoms in total. The number of rotatable bonds is 9. The van der Waals surface area contributed by atoms with Gasteiger partial charge in [-0.3, -0.25) is 4.99 Å². The predicted octanol–water partition coefficient (Wildman–Crippen LogP) is 7.26. The predicted molar refractivity (Wildman–Crippen MR) is 204 cm³/mol. The summed E-state index contributed by atoms with van der Waals surface area (Å²) < 4.78 is 40.2. The third-order valence-electron chi connectivity index (χ3n) is 14.6. The van der Waals surface area contributed by atoms with E-state index in [2.05, 4.69) is 54.3 Å². The Morgan fingerprint density at radius 3 is 1.87 bits per heavy atom. The van der Waals surface area contributed by atoms with E-state index in [1.165, 1.54) is 0 Å². The van der Waals surface area contributed by atoms with Crippen LogP contribution in [-0.4, -0.2) is 80.2 Å². The van der Waals surface area contributed by atoms with Crippen LogP contribution in [0.15, 0.2) is 33.7 Å². The fourth-order valence-electron chi connectivity index (χ4n) is 11.6. The smallest absolute Gasteiger partial charge is 0.201 e. The molecule has 306 valence electrons. The molecule has 14 heteroatoms. The molecule has 1 aromatic carbocycles. The lowest BCUT2D eigenvalue weighted by molar-refractivity contribution is -0.577. The zero-order valence-electron chi connectivity index (χ0n) is 33.1. The van der Waals surface area contributed by atoms with Crippen LogP contribution in [0.1, 0.15) is 92.9 Å². The standard InChI is InChI=1S/C41H60BrN3O10/c1-23-10-12-31-25(3)33(48-35-40(31)29(23)14-16-38(5,50-35)52-54-40)46-20-18-43-37(45-28-9-7-8-27(42)22-28)44-19-21-47-34-26(4)32-13-11-24(2)30-15-17-39(6)51-36(49-34)41(30,32)55-53-39/h7-9,22-26,29-36H,10-21H2,1-6H3,(H2,43,44,45)/t23-,24-,25-,26-,29+,30+,31+,32+,33+,34+,35-,36-,38-,39-,40-,41-/m1/s1. The normalized spacial score (nSPS) is 48.7. The van der Waals surface area contributed by atoms with Gasteiger partial charge in [-0.2, -0.15) is 0 Å². The van der Waals surface area contributed by atoms with Gasteiger partial charge in [0, 0.05) is 53.2 Å². The van der Waals surface area contributed by atoms with Gasteiger partial charge in [0.05, 0.1) is 19.8 Å². The highest BCUT2D eigenvalue weighted by Gasteiger charge is 2.71. The number of hydrogen-bond acceptors (Lipinski definition) is 11. The summed E-state index contributed by atoms with van der Waals surface area (Å²) in [6.45, 7) is 14.7. The van der Waals surface area contributed by atoms with E-state index in [-0.39, 0.29) is 23.7 Å². The van der Waals surface area contributed by atoms with Gasteiger partial charge in [0.25, 0.3) is 0 Å². The zero-order valence-corrected chi connectivity index (χ0v) is 34.7. The van der Waals surface area contributed by atoms with Crippen molar-refractivity contribution in [1.82, 2.24) is 5.32 Å². The first-order valence-corrected chi connectivity index (χ1v) is 21.7. The first-order chi connectivity index (χ1) is 26.4. The van der Waals surface area contributed by atoms with Crippen molar-refractivity contribution in [2.75, 3.05) is 31.6 Å². The maximum atomic E-state index is 6.63. The van der Waals surface area contributed by atoms with Crippen molar-refractivity contribution in [3.05, 3.63) is 28.7 Å². The van der Waals surface area contributed by atoms with Gasteiger partial charge in [-0.1, -0.05) is 49.7 Å². The Morgan fingerprint density at radius 1 is 0.745 bits per heavy atom. The molecule has 8 heterocycles. The van der Waals surface area contributed by atoms with Crippen LogP contribution in [0, 0.1) is 47.3 Å². The number of halogens is 1. The van der Waals surface area contributed by atoms with Gasteiger partial charge in [0.15, 0.2) is 42.3 Å². The van der Waals surface area contributed by atoms with E-state index in [0.717, 1.165) is 61.5 Å². The van der Waals surface area contributed by atoms with E-state index in [0.29, 0.717) is 55.9 Å². The first kappa shape index (κ1) is 39.1. The summed E-state index contributed by atoms with van der Waals surface area (Å²) in [5, 5.41) is 6.91. The molecule has 0 unspecified atom stereocenters. The van der Waals surface area contributed by atoms with Gasteiger partial charge in [0.1, 0.15) is 0 Å². The summed E-state index contributed by atoms with van der Waals surface area (Å²) in [5.74, 6) is 1.26. The van der Waals surface area contributed by atoms with Crippen molar-refractivity contribution in [2.45, 2.75) is 141 Å². The molecule has 0 aromatic heterocycles. The molecule has 8 saturated heterocycles. The number of ether oxygens (including phenoxy) is 6. The van der Waals surface area contributed by atoms with Crippen molar-refractivity contribution in [3.63, 3.8) is 0 Å². The molecular weight excluding hydrogens is 774 g/mol. The molecule has 10 fully saturated rings. The highest BCUT2D eigenvalue weighted by Crippen LogP contribution is 2.62. The summed E-state index contributed by atoms with van der Waals surface area (Å²) in [6.07, 6.45) is 5.97. The van der Waals surface area contributed by atoms with Crippen LogP contribution in [0.5, 0.6) is 0 Å². The molecular formula is C41H60BrN3O10. The summed E-state index contributed by atoms with van der Waals surface area (Å²) >= 11 is 3.59. The topological polar surface area (TPSA) is 129 Å². The molecule has 0 radical (unpaired) electrons. The molecule has 8 aliphatic heterocycles. The average Bonchev–Trinajstić information content (AvgIpc) is 3.53. The summed E-state index contributed by atoms with van der Waals surface area (Å²) in [7, 11) is 0. The molecule has 4 bridgehead atoms. The summed E-state index contributed by atoms with van der Waals surface area (Å²) in [4.78, 5) is 29.5. The number of aliphatic imine (C=N–C) groups is 1. The fourth-order valence-corrected chi connectivity index (χ4v) is 12.0. The Labute approximate surface area is 333 Å². The first-order valence-electron chi connectivity index (χ1n) is 20.9. The Balaban J connectivity index is 0.831. The lowest BCUT2D eigenvalue weighted by Gasteiger charge is -2.60. The minimum atomic E-state index is -0.819. The molecule has 55 heavy (non-hydrogen) atoms. The minimum Gasteiger partial charge on any atom is -0.354 e. The molecule has 1 aromatic rings. The number of nitrogens with one attached hydrogen (secondary N) is 2. The fraction of sp³-hybridized carbons (Fsp3) is 0.829. The second-order valence-corrected chi connectivity index (χ2v) is 19.0. The number of hydrogen-bond donors (Lipinski definition) is 2. The maximum absolute atomic E-state index is 6.63. The van der Waals surface area contributed by atoms with Crippen molar-refractivity contribution >= 4 is 27.6 Å².